The first-order chi connectivity index (χ1) is 15.9. The summed E-state index contributed by atoms with van der Waals surface area (Å²) in [5.41, 5.74) is 0.947. The molecule has 1 heterocycles. The summed E-state index contributed by atoms with van der Waals surface area (Å²) in [6.07, 6.45) is 1.70. The third-order valence-corrected chi connectivity index (χ3v) is 5.18. The van der Waals surface area contributed by atoms with Crippen molar-refractivity contribution in [3.8, 4) is 5.75 Å². The zero-order valence-electron chi connectivity index (χ0n) is 18.9. The maximum atomic E-state index is 12.0. The van der Waals surface area contributed by atoms with Crippen LogP contribution in [0.25, 0.3) is 10.8 Å². The van der Waals surface area contributed by atoms with Gasteiger partial charge in [-0.15, -0.1) is 0 Å². The van der Waals surface area contributed by atoms with Crippen LogP contribution < -0.4 is 4.74 Å². The Morgan fingerprint density at radius 1 is 1.18 bits per heavy atom. The highest BCUT2D eigenvalue weighted by atomic mass is 16.7. The highest BCUT2D eigenvalue weighted by molar-refractivity contribution is 5.85. The summed E-state index contributed by atoms with van der Waals surface area (Å²) in [5.74, 6) is -0.866. The average Bonchev–Trinajstić information content (AvgIpc) is 2.81. The molecule has 0 saturated carbocycles. The van der Waals surface area contributed by atoms with Crippen LogP contribution in [0.2, 0.25) is 0 Å². The van der Waals surface area contributed by atoms with Crippen LogP contribution in [0, 0.1) is 0 Å². The maximum absolute atomic E-state index is 12.0. The maximum Gasteiger partial charge on any atom is 0.337 e. The van der Waals surface area contributed by atoms with Crippen LogP contribution >= 0.6 is 0 Å². The second-order valence-electron chi connectivity index (χ2n) is 7.93. The molecule has 2 aromatic rings. The average molecular weight is 459 g/mol. The smallest absolute Gasteiger partial charge is 0.337 e. The van der Waals surface area contributed by atoms with Gasteiger partial charge in [-0.05, 0) is 48.7 Å². The van der Waals surface area contributed by atoms with E-state index in [9.17, 15) is 14.7 Å². The van der Waals surface area contributed by atoms with Crippen LogP contribution in [0.5, 0.6) is 5.75 Å². The normalized spacial score (nSPS) is 21.4. The molecule has 33 heavy (non-hydrogen) atoms. The van der Waals surface area contributed by atoms with E-state index in [-0.39, 0.29) is 32.0 Å². The number of hydrogen-bond donors (Lipinski definition) is 1. The molecule has 0 aromatic heterocycles. The SMILES string of the molecule is C=CC(=O)OCC(O)COCC(=O)Oc1ccc2cc(C3OC(C)CC(CC)O3)ccc2c1. The first kappa shape index (κ1) is 24.9. The third-order valence-electron chi connectivity index (χ3n) is 5.18. The molecule has 8 nitrogen and oxygen atoms in total. The van der Waals surface area contributed by atoms with Gasteiger partial charge in [0.05, 0.1) is 18.8 Å². The number of esters is 2. The minimum absolute atomic E-state index is 0.136. The van der Waals surface area contributed by atoms with Crippen LogP contribution in [0.4, 0.5) is 0 Å². The second kappa shape index (κ2) is 11.9. The van der Waals surface area contributed by atoms with Crippen molar-refractivity contribution >= 4 is 22.7 Å². The molecule has 1 saturated heterocycles. The van der Waals surface area contributed by atoms with E-state index in [1.54, 1.807) is 12.1 Å². The number of carbonyl (C=O) groups excluding carboxylic acids is 2. The molecular weight excluding hydrogens is 428 g/mol. The zero-order valence-corrected chi connectivity index (χ0v) is 18.9. The lowest BCUT2D eigenvalue weighted by atomic mass is 10.0. The first-order valence-electron chi connectivity index (χ1n) is 11.0. The highest BCUT2D eigenvalue weighted by Gasteiger charge is 2.27. The minimum Gasteiger partial charge on any atom is -0.460 e. The molecule has 4 unspecified atom stereocenters. The predicted molar refractivity (Wildman–Crippen MR) is 121 cm³/mol. The minimum atomic E-state index is -1.05. The summed E-state index contributed by atoms with van der Waals surface area (Å²) >= 11 is 0. The monoisotopic (exact) mass is 458 g/mol. The fraction of sp³-hybridized carbons (Fsp3) is 0.440. The molecule has 0 radical (unpaired) electrons. The predicted octanol–water partition coefficient (Wildman–Crippen LogP) is 3.45. The fourth-order valence-corrected chi connectivity index (χ4v) is 3.50. The van der Waals surface area contributed by atoms with E-state index in [1.165, 1.54) is 0 Å². The van der Waals surface area contributed by atoms with E-state index in [4.69, 9.17) is 23.7 Å². The van der Waals surface area contributed by atoms with Crippen molar-refractivity contribution in [2.75, 3.05) is 19.8 Å². The van der Waals surface area contributed by atoms with Crippen LogP contribution in [-0.2, 0) is 28.5 Å². The molecule has 0 amide bonds. The molecule has 0 aliphatic carbocycles. The van der Waals surface area contributed by atoms with Gasteiger partial charge in [-0.3, -0.25) is 0 Å². The Balaban J connectivity index is 1.52. The Labute approximate surface area is 193 Å². The van der Waals surface area contributed by atoms with Gasteiger partial charge in [-0.2, -0.15) is 0 Å². The quantitative estimate of drug-likeness (QED) is 0.328. The molecule has 0 spiro atoms. The van der Waals surface area contributed by atoms with Crippen LogP contribution in [0.3, 0.4) is 0 Å². The lowest BCUT2D eigenvalue weighted by Crippen LogP contribution is -2.31. The largest absolute Gasteiger partial charge is 0.460 e. The van der Waals surface area contributed by atoms with E-state index >= 15 is 0 Å². The summed E-state index contributed by atoms with van der Waals surface area (Å²) in [6.45, 7) is 6.65. The number of aliphatic hydroxyl groups is 1. The molecule has 2 aromatic carbocycles. The Bertz CT molecular complexity index is 972. The lowest BCUT2D eigenvalue weighted by molar-refractivity contribution is -0.243. The molecule has 3 rings (SSSR count). The number of ether oxygens (including phenoxy) is 5. The summed E-state index contributed by atoms with van der Waals surface area (Å²) in [4.78, 5) is 23.0. The van der Waals surface area contributed by atoms with E-state index in [1.807, 2.05) is 24.3 Å². The molecule has 4 atom stereocenters. The van der Waals surface area contributed by atoms with Gasteiger partial charge in [-0.1, -0.05) is 31.7 Å². The van der Waals surface area contributed by atoms with E-state index < -0.39 is 24.3 Å². The van der Waals surface area contributed by atoms with Crippen molar-refractivity contribution in [2.24, 2.45) is 0 Å². The van der Waals surface area contributed by atoms with Gasteiger partial charge in [0.1, 0.15) is 25.1 Å². The highest BCUT2D eigenvalue weighted by Crippen LogP contribution is 2.33. The number of aliphatic hydroxyl groups excluding tert-OH is 1. The van der Waals surface area contributed by atoms with Gasteiger partial charge in [0.15, 0.2) is 6.29 Å². The Morgan fingerprint density at radius 3 is 2.70 bits per heavy atom. The van der Waals surface area contributed by atoms with Crippen LogP contribution in [0.1, 0.15) is 38.5 Å². The van der Waals surface area contributed by atoms with Crippen molar-refractivity contribution in [1.29, 1.82) is 0 Å². The van der Waals surface area contributed by atoms with Gasteiger partial charge < -0.3 is 28.8 Å². The summed E-state index contributed by atoms with van der Waals surface area (Å²) in [5, 5.41) is 11.5. The lowest BCUT2D eigenvalue weighted by Gasteiger charge is -2.34. The zero-order chi connectivity index (χ0) is 23.8. The fourth-order valence-electron chi connectivity index (χ4n) is 3.50. The van der Waals surface area contributed by atoms with Crippen LogP contribution in [-0.4, -0.2) is 55.2 Å². The van der Waals surface area contributed by atoms with E-state index in [0.717, 1.165) is 35.3 Å². The Morgan fingerprint density at radius 2 is 1.94 bits per heavy atom. The number of benzene rings is 2. The molecule has 1 fully saturated rings. The first-order valence-corrected chi connectivity index (χ1v) is 11.0. The van der Waals surface area contributed by atoms with Gasteiger partial charge in [0, 0.05) is 11.6 Å². The number of rotatable bonds is 10. The number of hydrogen-bond acceptors (Lipinski definition) is 8. The van der Waals surface area contributed by atoms with Crippen LogP contribution in [0.15, 0.2) is 49.1 Å². The number of fused-ring (bicyclic) bond motifs is 1. The molecule has 1 aliphatic rings. The summed E-state index contributed by atoms with van der Waals surface area (Å²) < 4.78 is 27.1. The Hall–Kier alpha value is -2.78. The number of carbonyl (C=O) groups is 2. The van der Waals surface area contributed by atoms with Gasteiger partial charge in [0.2, 0.25) is 0 Å². The third kappa shape index (κ3) is 7.36. The summed E-state index contributed by atoms with van der Waals surface area (Å²) in [7, 11) is 0. The molecule has 8 heteroatoms. The molecular formula is C25H30O8. The van der Waals surface area contributed by atoms with Crippen molar-refractivity contribution < 1.29 is 38.4 Å². The molecule has 1 N–H and O–H groups in total. The van der Waals surface area contributed by atoms with Crippen molar-refractivity contribution in [3.05, 3.63) is 54.6 Å². The van der Waals surface area contributed by atoms with E-state index in [2.05, 4.69) is 20.4 Å². The molecule has 1 aliphatic heterocycles. The second-order valence-corrected chi connectivity index (χ2v) is 7.93. The van der Waals surface area contributed by atoms with Crippen molar-refractivity contribution in [2.45, 2.75) is 51.3 Å². The van der Waals surface area contributed by atoms with E-state index in [0.29, 0.717) is 5.75 Å². The van der Waals surface area contributed by atoms with Gasteiger partial charge in [0.25, 0.3) is 0 Å². The topological polar surface area (TPSA) is 101 Å². The standard InChI is InChI=1S/C25H30O8/c1-4-21-10-16(3)31-25(33-21)19-7-6-18-12-22(9-8-17(18)11-19)32-24(28)15-29-13-20(26)14-30-23(27)5-2/h5-9,11-12,16,20-21,25-26H,2,4,10,13-15H2,1,3H3. The molecule has 0 bridgehead atoms. The van der Waals surface area contributed by atoms with Gasteiger partial charge in [-0.25, -0.2) is 9.59 Å². The van der Waals surface area contributed by atoms with Crippen molar-refractivity contribution in [1.82, 2.24) is 0 Å². The van der Waals surface area contributed by atoms with Crippen molar-refractivity contribution in [3.63, 3.8) is 0 Å². The van der Waals surface area contributed by atoms with Gasteiger partial charge >= 0.3 is 11.9 Å². The molecule has 178 valence electrons. The summed E-state index contributed by atoms with van der Waals surface area (Å²) in [6, 6.07) is 11.2. The Kier molecular flexibility index (Phi) is 8.96.